The van der Waals surface area contributed by atoms with Crippen molar-refractivity contribution in [1.82, 2.24) is 9.78 Å². The van der Waals surface area contributed by atoms with Crippen molar-refractivity contribution in [2.75, 3.05) is 13.7 Å². The second-order valence-electron chi connectivity index (χ2n) is 3.48. The van der Waals surface area contributed by atoms with Crippen LogP contribution in [0, 0.1) is 0 Å². The van der Waals surface area contributed by atoms with Crippen molar-refractivity contribution in [3.05, 3.63) is 36.5 Å². The number of benzene rings is 1. The lowest BCUT2D eigenvalue weighted by molar-refractivity contribution is 0.415. The first-order valence-corrected chi connectivity index (χ1v) is 5.21. The normalized spacial score (nSPS) is 10.4. The summed E-state index contributed by atoms with van der Waals surface area (Å²) in [5.41, 5.74) is 7.50. The quantitative estimate of drug-likeness (QED) is 0.844. The van der Waals surface area contributed by atoms with E-state index in [4.69, 9.17) is 10.5 Å². The van der Waals surface area contributed by atoms with Gasteiger partial charge in [-0.15, -0.1) is 0 Å². The molecule has 2 N–H and O–H groups in total. The molecular weight excluding hydrogens is 202 g/mol. The zero-order valence-corrected chi connectivity index (χ0v) is 9.26. The third-order valence-corrected chi connectivity index (χ3v) is 2.38. The SMILES string of the molecule is COc1ccc(-c2ccn(CCN)n2)cc1. The molecule has 1 heterocycles. The minimum Gasteiger partial charge on any atom is -0.497 e. The zero-order chi connectivity index (χ0) is 11.4. The summed E-state index contributed by atoms with van der Waals surface area (Å²) in [5.74, 6) is 0.852. The van der Waals surface area contributed by atoms with Gasteiger partial charge in [-0.3, -0.25) is 4.68 Å². The van der Waals surface area contributed by atoms with Crippen molar-refractivity contribution in [3.63, 3.8) is 0 Å². The molecule has 0 aliphatic heterocycles. The van der Waals surface area contributed by atoms with Crippen LogP contribution in [-0.4, -0.2) is 23.4 Å². The van der Waals surface area contributed by atoms with Gasteiger partial charge in [0.1, 0.15) is 5.75 Å². The van der Waals surface area contributed by atoms with Gasteiger partial charge in [0.15, 0.2) is 0 Å². The van der Waals surface area contributed by atoms with E-state index in [1.165, 1.54) is 0 Å². The molecular formula is C12H15N3O. The Morgan fingerprint density at radius 3 is 2.62 bits per heavy atom. The summed E-state index contributed by atoms with van der Waals surface area (Å²) in [4.78, 5) is 0. The minimum atomic E-state index is 0.601. The first kappa shape index (κ1) is 10.7. The summed E-state index contributed by atoms with van der Waals surface area (Å²) < 4.78 is 6.95. The molecule has 0 aliphatic rings. The van der Waals surface area contributed by atoms with E-state index >= 15 is 0 Å². The number of aromatic nitrogens is 2. The van der Waals surface area contributed by atoms with Gasteiger partial charge in [-0.05, 0) is 30.3 Å². The van der Waals surface area contributed by atoms with Gasteiger partial charge in [0.05, 0.1) is 19.3 Å². The topological polar surface area (TPSA) is 53.1 Å². The molecule has 0 radical (unpaired) electrons. The summed E-state index contributed by atoms with van der Waals surface area (Å²) in [6.07, 6.45) is 1.94. The highest BCUT2D eigenvalue weighted by atomic mass is 16.5. The molecule has 4 nitrogen and oxygen atoms in total. The van der Waals surface area contributed by atoms with Crippen LogP contribution in [0.4, 0.5) is 0 Å². The highest BCUT2D eigenvalue weighted by Gasteiger charge is 2.01. The molecule has 0 aliphatic carbocycles. The highest BCUT2D eigenvalue weighted by Crippen LogP contribution is 2.20. The van der Waals surface area contributed by atoms with Crippen molar-refractivity contribution in [1.29, 1.82) is 0 Å². The molecule has 16 heavy (non-hydrogen) atoms. The minimum absolute atomic E-state index is 0.601. The molecule has 0 spiro atoms. The fraction of sp³-hybridized carbons (Fsp3) is 0.250. The number of rotatable bonds is 4. The van der Waals surface area contributed by atoms with Crippen molar-refractivity contribution in [2.45, 2.75) is 6.54 Å². The van der Waals surface area contributed by atoms with E-state index < -0.39 is 0 Å². The molecule has 0 bridgehead atoms. The molecule has 0 amide bonds. The van der Waals surface area contributed by atoms with E-state index in [0.717, 1.165) is 23.6 Å². The van der Waals surface area contributed by atoms with Gasteiger partial charge in [0.25, 0.3) is 0 Å². The van der Waals surface area contributed by atoms with Gasteiger partial charge < -0.3 is 10.5 Å². The number of hydrogen-bond donors (Lipinski definition) is 1. The molecule has 2 aromatic rings. The second-order valence-corrected chi connectivity index (χ2v) is 3.48. The van der Waals surface area contributed by atoms with Crippen LogP contribution in [0.1, 0.15) is 0 Å². The number of ether oxygens (including phenoxy) is 1. The van der Waals surface area contributed by atoms with Crippen molar-refractivity contribution < 1.29 is 4.74 Å². The van der Waals surface area contributed by atoms with Crippen LogP contribution in [-0.2, 0) is 6.54 Å². The fourth-order valence-electron chi connectivity index (χ4n) is 1.53. The van der Waals surface area contributed by atoms with Gasteiger partial charge >= 0.3 is 0 Å². The Morgan fingerprint density at radius 1 is 1.25 bits per heavy atom. The van der Waals surface area contributed by atoms with Crippen LogP contribution >= 0.6 is 0 Å². The molecule has 0 unspecified atom stereocenters. The van der Waals surface area contributed by atoms with Gasteiger partial charge in [-0.25, -0.2) is 0 Å². The summed E-state index contributed by atoms with van der Waals surface area (Å²) >= 11 is 0. The number of nitrogens with zero attached hydrogens (tertiary/aromatic N) is 2. The lowest BCUT2D eigenvalue weighted by Gasteiger charge is -2.01. The number of methoxy groups -OCH3 is 1. The maximum absolute atomic E-state index is 5.47. The van der Waals surface area contributed by atoms with Crippen molar-refractivity contribution in [3.8, 4) is 17.0 Å². The Kier molecular flexibility index (Phi) is 3.22. The summed E-state index contributed by atoms with van der Waals surface area (Å²) in [6.45, 7) is 1.35. The summed E-state index contributed by atoms with van der Waals surface area (Å²) in [6, 6.07) is 9.83. The molecule has 0 saturated heterocycles. The predicted octanol–water partition coefficient (Wildman–Crippen LogP) is 1.52. The Balaban J connectivity index is 2.21. The molecule has 4 heteroatoms. The average Bonchev–Trinajstić information content (AvgIpc) is 2.78. The fourth-order valence-corrected chi connectivity index (χ4v) is 1.53. The largest absolute Gasteiger partial charge is 0.497 e. The first-order valence-electron chi connectivity index (χ1n) is 5.21. The summed E-state index contributed by atoms with van der Waals surface area (Å²) in [7, 11) is 1.66. The lowest BCUT2D eigenvalue weighted by atomic mass is 10.1. The third kappa shape index (κ3) is 2.23. The Morgan fingerprint density at radius 2 is 2.00 bits per heavy atom. The molecule has 1 aromatic carbocycles. The van der Waals surface area contributed by atoms with Gasteiger partial charge in [0, 0.05) is 18.3 Å². The monoisotopic (exact) mass is 217 g/mol. The zero-order valence-electron chi connectivity index (χ0n) is 9.26. The molecule has 0 saturated carbocycles. The first-order chi connectivity index (χ1) is 7.83. The smallest absolute Gasteiger partial charge is 0.118 e. The lowest BCUT2D eigenvalue weighted by Crippen LogP contribution is -2.09. The maximum Gasteiger partial charge on any atom is 0.118 e. The van der Waals surface area contributed by atoms with Crippen molar-refractivity contribution >= 4 is 0 Å². The van der Waals surface area contributed by atoms with E-state index in [9.17, 15) is 0 Å². The Hall–Kier alpha value is -1.81. The predicted molar refractivity (Wildman–Crippen MR) is 63.3 cm³/mol. The molecule has 84 valence electrons. The standard InChI is InChI=1S/C12H15N3O/c1-16-11-4-2-10(3-5-11)12-6-8-15(14-12)9-7-13/h2-6,8H,7,9,13H2,1H3. The third-order valence-electron chi connectivity index (χ3n) is 2.38. The Bertz CT molecular complexity index is 448. The van der Waals surface area contributed by atoms with Crippen molar-refractivity contribution in [2.24, 2.45) is 5.73 Å². The number of hydrogen-bond acceptors (Lipinski definition) is 3. The maximum atomic E-state index is 5.47. The molecule has 1 aromatic heterocycles. The molecule has 0 atom stereocenters. The van der Waals surface area contributed by atoms with E-state index in [-0.39, 0.29) is 0 Å². The van der Waals surface area contributed by atoms with Gasteiger partial charge in [-0.1, -0.05) is 0 Å². The van der Waals surface area contributed by atoms with Crippen LogP contribution in [0.2, 0.25) is 0 Å². The van der Waals surface area contributed by atoms with E-state index in [1.807, 2.05) is 41.2 Å². The van der Waals surface area contributed by atoms with Crippen LogP contribution < -0.4 is 10.5 Å². The van der Waals surface area contributed by atoms with Crippen LogP contribution in [0.3, 0.4) is 0 Å². The van der Waals surface area contributed by atoms with Gasteiger partial charge in [0.2, 0.25) is 0 Å². The van der Waals surface area contributed by atoms with E-state index in [1.54, 1.807) is 7.11 Å². The Labute approximate surface area is 94.6 Å². The summed E-state index contributed by atoms with van der Waals surface area (Å²) in [5, 5.41) is 4.42. The number of nitrogens with two attached hydrogens (primary N) is 1. The van der Waals surface area contributed by atoms with Crippen LogP contribution in [0.25, 0.3) is 11.3 Å². The van der Waals surface area contributed by atoms with Gasteiger partial charge in [-0.2, -0.15) is 5.10 Å². The van der Waals surface area contributed by atoms with E-state index in [0.29, 0.717) is 6.54 Å². The molecule has 2 rings (SSSR count). The van der Waals surface area contributed by atoms with Crippen LogP contribution in [0.15, 0.2) is 36.5 Å². The van der Waals surface area contributed by atoms with E-state index in [2.05, 4.69) is 5.10 Å². The second kappa shape index (κ2) is 4.81. The highest BCUT2D eigenvalue weighted by molar-refractivity contribution is 5.59. The molecule has 0 fully saturated rings. The van der Waals surface area contributed by atoms with Crippen LogP contribution in [0.5, 0.6) is 5.75 Å². The average molecular weight is 217 g/mol.